The first-order chi connectivity index (χ1) is 11.2. The van der Waals surface area contributed by atoms with Crippen LogP contribution >= 0.6 is 0 Å². The van der Waals surface area contributed by atoms with Gasteiger partial charge in [-0.25, -0.2) is 0 Å². The number of carbonyl (C=O) groups is 2. The lowest BCUT2D eigenvalue weighted by Crippen LogP contribution is -2.32. The molecule has 2 rings (SSSR count). The van der Waals surface area contributed by atoms with Crippen molar-refractivity contribution in [1.29, 1.82) is 0 Å². The summed E-state index contributed by atoms with van der Waals surface area (Å²) in [6, 6.07) is 7.13. The van der Waals surface area contributed by atoms with Gasteiger partial charge >= 0.3 is 0 Å². The van der Waals surface area contributed by atoms with Gasteiger partial charge in [-0.05, 0) is 44.4 Å². The third-order valence-corrected chi connectivity index (χ3v) is 4.05. The van der Waals surface area contributed by atoms with E-state index in [0.29, 0.717) is 24.4 Å². The van der Waals surface area contributed by atoms with E-state index in [0.717, 1.165) is 32.2 Å². The Hall–Kier alpha value is -1.88. The molecule has 5 heteroatoms. The zero-order valence-corrected chi connectivity index (χ0v) is 14.0. The third-order valence-electron chi connectivity index (χ3n) is 4.05. The molecule has 0 aliphatic carbocycles. The fourth-order valence-corrected chi connectivity index (χ4v) is 2.67. The summed E-state index contributed by atoms with van der Waals surface area (Å²) in [4.78, 5) is 26.5. The molecule has 0 bridgehead atoms. The minimum atomic E-state index is -0.369. The third kappa shape index (κ3) is 4.79. The Morgan fingerprint density at radius 1 is 1.35 bits per heavy atom. The van der Waals surface area contributed by atoms with Gasteiger partial charge in [-0.15, -0.1) is 0 Å². The lowest BCUT2D eigenvalue weighted by Gasteiger charge is -2.21. The minimum absolute atomic E-state index is 0.00849. The average molecular weight is 318 g/mol. The Morgan fingerprint density at radius 3 is 2.83 bits per heavy atom. The Balaban J connectivity index is 2.03. The second-order valence-corrected chi connectivity index (χ2v) is 5.81. The van der Waals surface area contributed by atoms with E-state index < -0.39 is 0 Å². The lowest BCUT2D eigenvalue weighted by atomic mass is 10.1. The molecule has 1 heterocycles. The number of benzene rings is 1. The number of hydrogen-bond donors (Lipinski definition) is 1. The van der Waals surface area contributed by atoms with Gasteiger partial charge in [0.25, 0.3) is 11.8 Å². The van der Waals surface area contributed by atoms with Crippen molar-refractivity contribution in [3.63, 3.8) is 0 Å². The van der Waals surface area contributed by atoms with Gasteiger partial charge in [0.1, 0.15) is 6.10 Å². The summed E-state index contributed by atoms with van der Waals surface area (Å²) < 4.78 is 5.38. The van der Waals surface area contributed by atoms with Crippen molar-refractivity contribution in [2.75, 3.05) is 25.0 Å². The largest absolute Gasteiger partial charge is 0.368 e. The molecule has 2 amide bonds. The quantitative estimate of drug-likeness (QED) is 0.840. The summed E-state index contributed by atoms with van der Waals surface area (Å²) in [5.74, 6) is -0.125. The molecule has 1 fully saturated rings. The average Bonchev–Trinajstić information content (AvgIpc) is 3.10. The van der Waals surface area contributed by atoms with E-state index in [-0.39, 0.29) is 17.9 Å². The molecule has 0 spiro atoms. The zero-order chi connectivity index (χ0) is 16.7. The van der Waals surface area contributed by atoms with Gasteiger partial charge in [-0.1, -0.05) is 19.4 Å². The molecule has 0 unspecified atom stereocenters. The van der Waals surface area contributed by atoms with Crippen molar-refractivity contribution in [1.82, 2.24) is 4.90 Å². The SMILES string of the molecule is CCCCN(CC)C(=O)c1cccc(NC(=O)[C@@H]2CCCO2)c1. The Bertz CT molecular complexity index is 539. The predicted molar refractivity (Wildman–Crippen MR) is 90.5 cm³/mol. The number of nitrogens with one attached hydrogen (secondary N) is 1. The normalized spacial score (nSPS) is 17.0. The van der Waals surface area contributed by atoms with Gasteiger partial charge in [-0.3, -0.25) is 9.59 Å². The highest BCUT2D eigenvalue weighted by molar-refractivity contribution is 5.98. The highest BCUT2D eigenvalue weighted by atomic mass is 16.5. The molecular weight excluding hydrogens is 292 g/mol. The van der Waals surface area contributed by atoms with Crippen LogP contribution in [-0.4, -0.2) is 42.5 Å². The summed E-state index contributed by atoms with van der Waals surface area (Å²) in [5.41, 5.74) is 1.25. The summed E-state index contributed by atoms with van der Waals surface area (Å²) >= 11 is 0. The van der Waals surface area contributed by atoms with Crippen LogP contribution in [0, 0.1) is 0 Å². The standard InChI is InChI=1S/C18H26N2O3/c1-3-5-11-20(4-2)18(22)14-8-6-9-15(13-14)19-17(21)16-10-7-12-23-16/h6,8-9,13,16H,3-5,7,10-12H2,1-2H3,(H,19,21)/t16-/m0/s1. The molecule has 0 radical (unpaired) electrons. The van der Waals surface area contributed by atoms with E-state index >= 15 is 0 Å². The van der Waals surface area contributed by atoms with E-state index in [1.54, 1.807) is 24.3 Å². The maximum absolute atomic E-state index is 12.6. The van der Waals surface area contributed by atoms with E-state index in [9.17, 15) is 9.59 Å². The van der Waals surface area contributed by atoms with Crippen molar-refractivity contribution in [3.8, 4) is 0 Å². The lowest BCUT2D eigenvalue weighted by molar-refractivity contribution is -0.124. The van der Waals surface area contributed by atoms with Crippen LogP contribution < -0.4 is 5.32 Å². The van der Waals surface area contributed by atoms with E-state index in [2.05, 4.69) is 12.2 Å². The molecule has 1 aromatic carbocycles. The fourth-order valence-electron chi connectivity index (χ4n) is 2.67. The molecule has 23 heavy (non-hydrogen) atoms. The Kier molecular flexibility index (Phi) is 6.59. The highest BCUT2D eigenvalue weighted by Gasteiger charge is 2.23. The molecule has 5 nitrogen and oxygen atoms in total. The number of rotatable bonds is 7. The Labute approximate surface area is 138 Å². The first-order valence-corrected chi connectivity index (χ1v) is 8.47. The van der Waals surface area contributed by atoms with Crippen LogP contribution in [-0.2, 0) is 9.53 Å². The summed E-state index contributed by atoms with van der Waals surface area (Å²) in [6.45, 7) is 6.18. The van der Waals surface area contributed by atoms with Gasteiger partial charge in [0.2, 0.25) is 0 Å². The zero-order valence-electron chi connectivity index (χ0n) is 14.0. The molecule has 1 aromatic rings. The minimum Gasteiger partial charge on any atom is -0.368 e. The summed E-state index contributed by atoms with van der Waals surface area (Å²) in [5, 5.41) is 2.84. The molecule has 1 N–H and O–H groups in total. The molecule has 1 aliphatic heterocycles. The Morgan fingerprint density at radius 2 is 2.17 bits per heavy atom. The number of unbranched alkanes of at least 4 members (excludes halogenated alkanes) is 1. The van der Waals surface area contributed by atoms with Crippen molar-refractivity contribution in [2.45, 2.75) is 45.6 Å². The van der Waals surface area contributed by atoms with Gasteiger partial charge in [0.05, 0.1) is 0 Å². The predicted octanol–water partition coefficient (Wildman–Crippen LogP) is 3.07. The first-order valence-electron chi connectivity index (χ1n) is 8.47. The second-order valence-electron chi connectivity index (χ2n) is 5.81. The number of ether oxygens (including phenoxy) is 1. The maximum Gasteiger partial charge on any atom is 0.253 e. The van der Waals surface area contributed by atoms with Crippen molar-refractivity contribution in [2.24, 2.45) is 0 Å². The second kappa shape index (κ2) is 8.67. The number of hydrogen-bond acceptors (Lipinski definition) is 3. The smallest absolute Gasteiger partial charge is 0.253 e. The molecule has 0 saturated carbocycles. The van der Waals surface area contributed by atoms with Gasteiger partial charge in [0.15, 0.2) is 0 Å². The monoisotopic (exact) mass is 318 g/mol. The first kappa shape index (κ1) is 17.5. The van der Waals surface area contributed by atoms with E-state index in [1.807, 2.05) is 11.8 Å². The van der Waals surface area contributed by atoms with Crippen molar-refractivity contribution in [3.05, 3.63) is 29.8 Å². The van der Waals surface area contributed by atoms with Crippen LogP contribution in [0.15, 0.2) is 24.3 Å². The van der Waals surface area contributed by atoms with Gasteiger partial charge in [0, 0.05) is 30.9 Å². The van der Waals surface area contributed by atoms with Gasteiger partial charge < -0.3 is 15.0 Å². The van der Waals surface area contributed by atoms with Crippen molar-refractivity contribution >= 4 is 17.5 Å². The topological polar surface area (TPSA) is 58.6 Å². The van der Waals surface area contributed by atoms with Crippen LogP contribution in [0.3, 0.4) is 0 Å². The van der Waals surface area contributed by atoms with Crippen LogP contribution in [0.1, 0.15) is 49.9 Å². The number of amides is 2. The van der Waals surface area contributed by atoms with Crippen LogP contribution in [0.2, 0.25) is 0 Å². The molecule has 1 aliphatic rings. The fraction of sp³-hybridized carbons (Fsp3) is 0.556. The molecule has 1 atom stereocenters. The van der Waals surface area contributed by atoms with Crippen LogP contribution in [0.5, 0.6) is 0 Å². The van der Waals surface area contributed by atoms with Crippen LogP contribution in [0.4, 0.5) is 5.69 Å². The molecular formula is C18H26N2O3. The van der Waals surface area contributed by atoms with E-state index in [4.69, 9.17) is 4.74 Å². The molecule has 126 valence electrons. The molecule has 0 aromatic heterocycles. The van der Waals surface area contributed by atoms with Crippen LogP contribution in [0.25, 0.3) is 0 Å². The maximum atomic E-state index is 12.6. The summed E-state index contributed by atoms with van der Waals surface area (Å²) in [7, 11) is 0. The highest BCUT2D eigenvalue weighted by Crippen LogP contribution is 2.17. The summed E-state index contributed by atoms with van der Waals surface area (Å²) in [6.07, 6.45) is 3.35. The number of carbonyl (C=O) groups excluding carboxylic acids is 2. The number of anilines is 1. The number of nitrogens with zero attached hydrogens (tertiary/aromatic N) is 1. The van der Waals surface area contributed by atoms with Crippen molar-refractivity contribution < 1.29 is 14.3 Å². The molecule has 1 saturated heterocycles. The van der Waals surface area contributed by atoms with E-state index in [1.165, 1.54) is 0 Å². The van der Waals surface area contributed by atoms with Gasteiger partial charge in [-0.2, -0.15) is 0 Å².